The molecule has 1 aromatic heterocycles. The van der Waals surface area contributed by atoms with Crippen LogP contribution in [0.5, 0.6) is 0 Å². The normalized spacial score (nSPS) is 15.0. The Hall–Kier alpha value is -1.58. The van der Waals surface area contributed by atoms with E-state index >= 15 is 0 Å². The van der Waals surface area contributed by atoms with Crippen LogP contribution in [0.1, 0.15) is 30.1 Å². The minimum Gasteiger partial charge on any atom is -0.478 e. The van der Waals surface area contributed by atoms with E-state index in [1.807, 2.05) is 6.92 Å². The van der Waals surface area contributed by atoms with Crippen molar-refractivity contribution in [3.63, 3.8) is 0 Å². The third-order valence-electron chi connectivity index (χ3n) is 2.62. The molecule has 0 saturated heterocycles. The summed E-state index contributed by atoms with van der Waals surface area (Å²) in [4.78, 5) is 17.3. The largest absolute Gasteiger partial charge is 0.478 e. The second kappa shape index (κ2) is 3.88. The smallest absolute Gasteiger partial charge is 0.339 e. The zero-order chi connectivity index (χ0) is 10.8. The molecule has 1 heterocycles. The van der Waals surface area contributed by atoms with Gasteiger partial charge in [-0.15, -0.1) is 0 Å². The van der Waals surface area contributed by atoms with Gasteiger partial charge < -0.3 is 10.0 Å². The van der Waals surface area contributed by atoms with Crippen LogP contribution >= 0.6 is 0 Å². The minimum atomic E-state index is -0.905. The van der Waals surface area contributed by atoms with Crippen LogP contribution in [0, 0.1) is 0 Å². The van der Waals surface area contributed by atoms with Crippen molar-refractivity contribution in [2.45, 2.75) is 25.8 Å². The third kappa shape index (κ3) is 1.93. The van der Waals surface area contributed by atoms with Gasteiger partial charge in [0.2, 0.25) is 0 Å². The quantitative estimate of drug-likeness (QED) is 0.815. The van der Waals surface area contributed by atoms with Gasteiger partial charge in [0.1, 0.15) is 11.4 Å². The zero-order valence-electron chi connectivity index (χ0n) is 8.68. The molecule has 1 fully saturated rings. The molecule has 80 valence electrons. The van der Waals surface area contributed by atoms with Crippen molar-refractivity contribution in [1.82, 2.24) is 4.98 Å². The molecule has 4 heteroatoms. The number of carboxylic acid groups (broad SMARTS) is 1. The van der Waals surface area contributed by atoms with Gasteiger partial charge in [-0.05, 0) is 31.9 Å². The molecule has 0 unspecified atom stereocenters. The van der Waals surface area contributed by atoms with Crippen molar-refractivity contribution < 1.29 is 9.90 Å². The Kier molecular flexibility index (Phi) is 2.58. The van der Waals surface area contributed by atoms with Gasteiger partial charge in [0, 0.05) is 18.8 Å². The topological polar surface area (TPSA) is 53.4 Å². The van der Waals surface area contributed by atoms with E-state index in [0.717, 1.165) is 19.4 Å². The number of carbonyl (C=O) groups is 1. The summed E-state index contributed by atoms with van der Waals surface area (Å²) in [5, 5.41) is 9.05. The van der Waals surface area contributed by atoms with Gasteiger partial charge in [0.25, 0.3) is 0 Å². The summed E-state index contributed by atoms with van der Waals surface area (Å²) >= 11 is 0. The molecule has 0 aliphatic heterocycles. The summed E-state index contributed by atoms with van der Waals surface area (Å²) in [7, 11) is 0. The molecule has 0 radical (unpaired) electrons. The lowest BCUT2D eigenvalue weighted by atomic mass is 10.2. The van der Waals surface area contributed by atoms with Crippen LogP contribution in [0.2, 0.25) is 0 Å². The van der Waals surface area contributed by atoms with Gasteiger partial charge >= 0.3 is 5.97 Å². The van der Waals surface area contributed by atoms with Gasteiger partial charge in [0.05, 0.1) is 0 Å². The summed E-state index contributed by atoms with van der Waals surface area (Å²) in [6.45, 7) is 2.83. The number of nitrogens with zero attached hydrogens (tertiary/aromatic N) is 2. The Morgan fingerprint density at radius 1 is 1.67 bits per heavy atom. The first kappa shape index (κ1) is 9.96. The molecule has 0 spiro atoms. The average Bonchev–Trinajstić information content (AvgIpc) is 3.04. The molecule has 1 N–H and O–H groups in total. The molecule has 1 aromatic rings. The highest BCUT2D eigenvalue weighted by Crippen LogP contribution is 2.31. The maximum atomic E-state index is 11.0. The lowest BCUT2D eigenvalue weighted by Gasteiger charge is -2.22. The fourth-order valence-corrected chi connectivity index (χ4v) is 1.76. The van der Waals surface area contributed by atoms with E-state index in [4.69, 9.17) is 5.11 Å². The van der Waals surface area contributed by atoms with E-state index in [1.54, 1.807) is 18.3 Å². The summed E-state index contributed by atoms with van der Waals surface area (Å²) in [6, 6.07) is 3.76. The number of aromatic carboxylic acids is 1. The fraction of sp³-hybridized carbons (Fsp3) is 0.455. The van der Waals surface area contributed by atoms with Gasteiger partial charge in [-0.1, -0.05) is 0 Å². The summed E-state index contributed by atoms with van der Waals surface area (Å²) in [6.07, 6.45) is 3.93. The van der Waals surface area contributed by atoms with Gasteiger partial charge in [-0.3, -0.25) is 0 Å². The third-order valence-corrected chi connectivity index (χ3v) is 2.62. The maximum absolute atomic E-state index is 11.0. The molecule has 0 aromatic carbocycles. The van der Waals surface area contributed by atoms with Gasteiger partial charge in [-0.25, -0.2) is 9.78 Å². The van der Waals surface area contributed by atoms with Gasteiger partial charge in [0.15, 0.2) is 0 Å². The highest BCUT2D eigenvalue weighted by Gasteiger charge is 2.30. The Labute approximate surface area is 88.6 Å². The number of hydrogen-bond donors (Lipinski definition) is 1. The van der Waals surface area contributed by atoms with Crippen LogP contribution in [0.15, 0.2) is 18.3 Å². The van der Waals surface area contributed by atoms with E-state index < -0.39 is 5.97 Å². The minimum absolute atomic E-state index is 0.297. The Bertz CT molecular complexity index is 375. The Balaban J connectivity index is 2.36. The highest BCUT2D eigenvalue weighted by atomic mass is 16.4. The van der Waals surface area contributed by atoms with Crippen molar-refractivity contribution in [1.29, 1.82) is 0 Å². The number of rotatable bonds is 4. The molecule has 0 amide bonds. The second-order valence-corrected chi connectivity index (χ2v) is 3.70. The SMILES string of the molecule is CCN(c1ncccc1C(=O)O)C1CC1. The highest BCUT2D eigenvalue weighted by molar-refractivity contribution is 5.93. The summed E-state index contributed by atoms with van der Waals surface area (Å²) < 4.78 is 0. The van der Waals surface area contributed by atoms with Crippen LogP contribution in [0.3, 0.4) is 0 Å². The van der Waals surface area contributed by atoms with Crippen molar-refractivity contribution in [2.75, 3.05) is 11.4 Å². The number of carboxylic acids is 1. The number of hydrogen-bond acceptors (Lipinski definition) is 3. The molecular formula is C11H14N2O2. The first-order valence-corrected chi connectivity index (χ1v) is 5.19. The number of aromatic nitrogens is 1. The van der Waals surface area contributed by atoms with Crippen LogP contribution in [-0.4, -0.2) is 28.6 Å². The van der Waals surface area contributed by atoms with Crippen molar-refractivity contribution in [3.8, 4) is 0 Å². The summed E-state index contributed by atoms with van der Waals surface area (Å²) in [5.41, 5.74) is 0.297. The van der Waals surface area contributed by atoms with Crippen LogP contribution in [0.25, 0.3) is 0 Å². The standard InChI is InChI=1S/C11H14N2O2/c1-2-13(8-5-6-8)10-9(11(14)15)4-3-7-12-10/h3-4,7-8H,2,5-6H2,1H3,(H,14,15). The zero-order valence-corrected chi connectivity index (χ0v) is 8.68. The molecule has 2 rings (SSSR count). The van der Waals surface area contributed by atoms with Gasteiger partial charge in [-0.2, -0.15) is 0 Å². The van der Waals surface area contributed by atoms with E-state index in [1.165, 1.54) is 0 Å². The van der Waals surface area contributed by atoms with Crippen LogP contribution in [0.4, 0.5) is 5.82 Å². The summed E-state index contributed by atoms with van der Waals surface area (Å²) in [5.74, 6) is -0.299. The van der Waals surface area contributed by atoms with E-state index in [9.17, 15) is 4.79 Å². The lowest BCUT2D eigenvalue weighted by Crippen LogP contribution is -2.28. The van der Waals surface area contributed by atoms with Crippen molar-refractivity contribution >= 4 is 11.8 Å². The Morgan fingerprint density at radius 2 is 2.40 bits per heavy atom. The van der Waals surface area contributed by atoms with E-state index in [-0.39, 0.29) is 0 Å². The fourth-order valence-electron chi connectivity index (χ4n) is 1.76. The average molecular weight is 206 g/mol. The molecule has 0 atom stereocenters. The van der Waals surface area contributed by atoms with Crippen molar-refractivity contribution in [3.05, 3.63) is 23.9 Å². The Morgan fingerprint density at radius 3 is 2.93 bits per heavy atom. The monoisotopic (exact) mass is 206 g/mol. The van der Waals surface area contributed by atoms with Crippen LogP contribution in [-0.2, 0) is 0 Å². The molecule has 0 bridgehead atoms. The molecule has 4 nitrogen and oxygen atoms in total. The molecule has 1 saturated carbocycles. The maximum Gasteiger partial charge on any atom is 0.339 e. The number of pyridine rings is 1. The molecule has 1 aliphatic carbocycles. The first-order valence-electron chi connectivity index (χ1n) is 5.19. The molecule has 15 heavy (non-hydrogen) atoms. The lowest BCUT2D eigenvalue weighted by molar-refractivity contribution is 0.0697. The van der Waals surface area contributed by atoms with E-state index in [0.29, 0.717) is 17.4 Å². The van der Waals surface area contributed by atoms with Crippen LogP contribution < -0.4 is 4.90 Å². The predicted octanol–water partition coefficient (Wildman–Crippen LogP) is 1.77. The number of anilines is 1. The van der Waals surface area contributed by atoms with E-state index in [2.05, 4.69) is 9.88 Å². The molecule has 1 aliphatic rings. The first-order chi connectivity index (χ1) is 7.24. The predicted molar refractivity (Wildman–Crippen MR) is 57.2 cm³/mol. The van der Waals surface area contributed by atoms with Crippen molar-refractivity contribution in [2.24, 2.45) is 0 Å². The molecular weight excluding hydrogens is 192 g/mol. The second-order valence-electron chi connectivity index (χ2n) is 3.70.